The van der Waals surface area contributed by atoms with Crippen molar-refractivity contribution in [2.45, 2.75) is 13.8 Å². The molecular weight excluding hydrogens is 452 g/mol. The normalized spacial score (nSPS) is 15.9. The highest BCUT2D eigenvalue weighted by Crippen LogP contribution is 2.35. The smallest absolute Gasteiger partial charge is 0.338 e. The molecule has 3 aromatic rings. The molecule has 0 aliphatic carbocycles. The molecule has 1 aliphatic heterocycles. The number of methoxy groups -OCH3 is 1. The summed E-state index contributed by atoms with van der Waals surface area (Å²) in [5, 5.41) is 0.616. The molecule has 174 valence electrons. The van der Waals surface area contributed by atoms with Crippen LogP contribution in [0.3, 0.4) is 0 Å². The number of ether oxygens (including phenoxy) is 2. The second-order valence-corrected chi connectivity index (χ2v) is 8.26. The molecule has 0 radical (unpaired) electrons. The number of likely N-dealkylation sites (N-methyl/N-ethyl adjacent to an activating group) is 1. The first-order valence-electron chi connectivity index (χ1n) is 10.8. The number of thioether (sulfide) groups is 1. The minimum atomic E-state index is -0.358. The van der Waals surface area contributed by atoms with Crippen molar-refractivity contribution >= 4 is 40.6 Å². The zero-order valence-electron chi connectivity index (χ0n) is 19.1. The predicted molar refractivity (Wildman–Crippen MR) is 133 cm³/mol. The summed E-state index contributed by atoms with van der Waals surface area (Å²) in [6.45, 7) is 4.52. The Balaban J connectivity index is 1.53. The van der Waals surface area contributed by atoms with E-state index in [1.54, 1.807) is 49.3 Å². The molecule has 2 aromatic carbocycles. The van der Waals surface area contributed by atoms with Gasteiger partial charge in [-0.2, -0.15) is 0 Å². The number of aliphatic imine (C=N–C) groups is 1. The number of hydrogen-bond donors (Lipinski definition) is 0. The van der Waals surface area contributed by atoms with Crippen molar-refractivity contribution in [3.63, 3.8) is 0 Å². The van der Waals surface area contributed by atoms with Crippen molar-refractivity contribution in [1.82, 2.24) is 4.90 Å². The van der Waals surface area contributed by atoms with Gasteiger partial charge in [0.05, 0.1) is 29.9 Å². The molecule has 0 atom stereocenters. The highest BCUT2D eigenvalue weighted by molar-refractivity contribution is 8.18. The standard InChI is InChI=1S/C26H24N2O5S/c1-4-28-24(29)23(34-26(28)27-19-10-12-20(31-3)13-11-19)16-21-14-15-22(33-21)17-6-8-18(9-7-17)25(30)32-5-2/h6-16H,4-5H2,1-3H3/b23-16+,27-26?. The van der Waals surface area contributed by atoms with Gasteiger partial charge >= 0.3 is 5.97 Å². The first-order chi connectivity index (χ1) is 16.5. The van der Waals surface area contributed by atoms with Crippen LogP contribution in [0.25, 0.3) is 17.4 Å². The van der Waals surface area contributed by atoms with Crippen LogP contribution in [-0.4, -0.2) is 42.2 Å². The number of benzene rings is 2. The number of carbonyl (C=O) groups is 2. The molecule has 0 spiro atoms. The Morgan fingerprint density at radius 1 is 1.06 bits per heavy atom. The third kappa shape index (κ3) is 5.07. The Kier molecular flexibility index (Phi) is 7.18. The maximum atomic E-state index is 12.9. The maximum absolute atomic E-state index is 12.9. The van der Waals surface area contributed by atoms with E-state index in [4.69, 9.17) is 13.9 Å². The largest absolute Gasteiger partial charge is 0.497 e. The SMILES string of the molecule is CCOC(=O)c1ccc(-c2ccc(/C=C3/SC(=Nc4ccc(OC)cc4)N(CC)C3=O)o2)cc1. The topological polar surface area (TPSA) is 81.3 Å². The molecule has 4 rings (SSSR count). The zero-order chi connectivity index (χ0) is 24.1. The third-order valence-corrected chi connectivity index (χ3v) is 6.09. The molecule has 1 saturated heterocycles. The van der Waals surface area contributed by atoms with Crippen LogP contribution in [0.1, 0.15) is 30.0 Å². The monoisotopic (exact) mass is 476 g/mol. The molecule has 1 aromatic heterocycles. The van der Waals surface area contributed by atoms with E-state index < -0.39 is 0 Å². The Labute approximate surface area is 202 Å². The van der Waals surface area contributed by atoms with Crippen molar-refractivity contribution in [3.05, 3.63) is 76.9 Å². The van der Waals surface area contributed by atoms with Crippen molar-refractivity contribution in [2.75, 3.05) is 20.3 Å². The summed E-state index contributed by atoms with van der Waals surface area (Å²) in [5.74, 6) is 1.47. The number of hydrogen-bond acceptors (Lipinski definition) is 7. The van der Waals surface area contributed by atoms with Gasteiger partial charge in [-0.15, -0.1) is 0 Å². The molecule has 8 heteroatoms. The van der Waals surface area contributed by atoms with Crippen LogP contribution in [0.15, 0.2) is 75.0 Å². The van der Waals surface area contributed by atoms with E-state index in [2.05, 4.69) is 4.99 Å². The molecular formula is C26H24N2O5S. The number of amides is 1. The van der Waals surface area contributed by atoms with E-state index in [9.17, 15) is 9.59 Å². The van der Waals surface area contributed by atoms with Gasteiger partial charge in [0.1, 0.15) is 17.3 Å². The van der Waals surface area contributed by atoms with Gasteiger partial charge in [-0.3, -0.25) is 9.69 Å². The summed E-state index contributed by atoms with van der Waals surface area (Å²) >= 11 is 1.31. The lowest BCUT2D eigenvalue weighted by Gasteiger charge is -2.12. The molecule has 0 saturated carbocycles. The highest BCUT2D eigenvalue weighted by atomic mass is 32.2. The van der Waals surface area contributed by atoms with Crippen LogP contribution in [-0.2, 0) is 9.53 Å². The minimum Gasteiger partial charge on any atom is -0.497 e. The molecule has 0 N–H and O–H groups in total. The lowest BCUT2D eigenvalue weighted by Crippen LogP contribution is -2.28. The van der Waals surface area contributed by atoms with E-state index in [1.165, 1.54) is 11.8 Å². The Hall–Kier alpha value is -3.78. The summed E-state index contributed by atoms with van der Waals surface area (Å²) in [6, 6.07) is 18.0. The van der Waals surface area contributed by atoms with E-state index in [1.807, 2.05) is 43.3 Å². The Morgan fingerprint density at radius 2 is 1.79 bits per heavy atom. The van der Waals surface area contributed by atoms with Gasteiger partial charge in [-0.1, -0.05) is 12.1 Å². The second kappa shape index (κ2) is 10.4. The van der Waals surface area contributed by atoms with Gasteiger partial charge in [0, 0.05) is 18.2 Å². The molecule has 2 heterocycles. The van der Waals surface area contributed by atoms with Crippen molar-refractivity contribution in [1.29, 1.82) is 0 Å². The van der Waals surface area contributed by atoms with Crippen LogP contribution in [0, 0.1) is 0 Å². The first-order valence-corrected chi connectivity index (χ1v) is 11.7. The van der Waals surface area contributed by atoms with Gasteiger partial charge in [-0.25, -0.2) is 9.79 Å². The lowest BCUT2D eigenvalue weighted by molar-refractivity contribution is -0.122. The van der Waals surface area contributed by atoms with E-state index in [0.29, 0.717) is 40.3 Å². The molecule has 1 amide bonds. The number of rotatable bonds is 7. The molecule has 1 fully saturated rings. The number of amidine groups is 1. The number of nitrogens with zero attached hydrogens (tertiary/aromatic N) is 2. The molecule has 0 bridgehead atoms. The number of carbonyl (C=O) groups excluding carboxylic acids is 2. The van der Waals surface area contributed by atoms with Crippen LogP contribution < -0.4 is 4.74 Å². The molecule has 0 unspecified atom stereocenters. The van der Waals surface area contributed by atoms with Crippen LogP contribution >= 0.6 is 11.8 Å². The predicted octanol–water partition coefficient (Wildman–Crippen LogP) is 5.76. The van der Waals surface area contributed by atoms with Crippen LogP contribution in [0.5, 0.6) is 5.75 Å². The fourth-order valence-electron chi connectivity index (χ4n) is 3.34. The summed E-state index contributed by atoms with van der Waals surface area (Å²) < 4.78 is 16.1. The number of esters is 1. The fraction of sp³-hybridized carbons (Fsp3) is 0.192. The van der Waals surface area contributed by atoms with Gasteiger partial charge in [0.2, 0.25) is 0 Å². The summed E-state index contributed by atoms with van der Waals surface area (Å²) in [4.78, 5) is 31.6. The van der Waals surface area contributed by atoms with Crippen molar-refractivity contribution in [3.8, 4) is 17.1 Å². The quantitative estimate of drug-likeness (QED) is 0.319. The molecule has 7 nitrogen and oxygen atoms in total. The average molecular weight is 477 g/mol. The third-order valence-electron chi connectivity index (χ3n) is 5.08. The fourth-order valence-corrected chi connectivity index (χ4v) is 4.38. The van der Waals surface area contributed by atoms with Crippen LogP contribution in [0.2, 0.25) is 0 Å². The second-order valence-electron chi connectivity index (χ2n) is 7.25. The van der Waals surface area contributed by atoms with E-state index in [-0.39, 0.29) is 11.9 Å². The first kappa shape index (κ1) is 23.4. The summed E-state index contributed by atoms with van der Waals surface area (Å²) in [5.41, 5.74) is 2.04. The van der Waals surface area contributed by atoms with Crippen molar-refractivity contribution < 1.29 is 23.5 Å². The van der Waals surface area contributed by atoms with Gasteiger partial charge < -0.3 is 13.9 Å². The van der Waals surface area contributed by atoms with Gasteiger partial charge in [0.15, 0.2) is 5.17 Å². The van der Waals surface area contributed by atoms with Gasteiger partial charge in [0.25, 0.3) is 5.91 Å². The maximum Gasteiger partial charge on any atom is 0.338 e. The highest BCUT2D eigenvalue weighted by Gasteiger charge is 2.32. The van der Waals surface area contributed by atoms with E-state index >= 15 is 0 Å². The van der Waals surface area contributed by atoms with Gasteiger partial charge in [-0.05, 0) is 74.1 Å². The number of furan rings is 1. The molecule has 34 heavy (non-hydrogen) atoms. The average Bonchev–Trinajstić information content (AvgIpc) is 3.44. The summed E-state index contributed by atoms with van der Waals surface area (Å²) in [6.07, 6.45) is 1.72. The Bertz CT molecular complexity index is 1240. The van der Waals surface area contributed by atoms with E-state index in [0.717, 1.165) is 17.0 Å². The summed E-state index contributed by atoms with van der Waals surface area (Å²) in [7, 11) is 1.61. The minimum absolute atomic E-state index is 0.114. The van der Waals surface area contributed by atoms with Crippen molar-refractivity contribution in [2.24, 2.45) is 4.99 Å². The Morgan fingerprint density at radius 3 is 2.44 bits per heavy atom. The van der Waals surface area contributed by atoms with Crippen LogP contribution in [0.4, 0.5) is 5.69 Å². The zero-order valence-corrected chi connectivity index (χ0v) is 19.9. The lowest BCUT2D eigenvalue weighted by atomic mass is 10.1. The molecule has 1 aliphatic rings.